The number of aromatic nitrogens is 2. The van der Waals surface area contributed by atoms with Crippen molar-refractivity contribution >= 4 is 5.52 Å². The van der Waals surface area contributed by atoms with Gasteiger partial charge in [-0.25, -0.2) is 0 Å². The average molecular weight is 231 g/mol. The number of nitrogens with one attached hydrogen (secondary N) is 1. The summed E-state index contributed by atoms with van der Waals surface area (Å²) in [7, 11) is 0. The van der Waals surface area contributed by atoms with Crippen molar-refractivity contribution in [2.24, 2.45) is 0 Å². The van der Waals surface area contributed by atoms with E-state index in [9.17, 15) is 4.79 Å². The zero-order chi connectivity index (χ0) is 12.0. The molecule has 2 aromatic rings. The fraction of sp³-hybridized carbons (Fsp3) is 0.273. The van der Waals surface area contributed by atoms with Gasteiger partial charge in [-0.15, -0.1) is 0 Å². The minimum absolute atomic E-state index is 0.0889. The second-order valence-corrected chi connectivity index (χ2v) is 3.83. The van der Waals surface area contributed by atoms with E-state index in [1.165, 1.54) is 6.20 Å². The van der Waals surface area contributed by atoms with Gasteiger partial charge < -0.3 is 14.6 Å². The van der Waals surface area contributed by atoms with Crippen LogP contribution in [0.25, 0.3) is 5.52 Å². The molecule has 0 bridgehead atoms. The van der Waals surface area contributed by atoms with Crippen molar-refractivity contribution in [3.8, 4) is 6.07 Å². The average Bonchev–Trinajstić information content (AvgIpc) is 2.70. The SMILES string of the molecule is CC1OC(c2cc3c(=O)c(C#N)c[nH]n3c2)O1. The van der Waals surface area contributed by atoms with E-state index in [1.807, 2.05) is 6.07 Å². The summed E-state index contributed by atoms with van der Waals surface area (Å²) in [5, 5.41) is 11.6. The van der Waals surface area contributed by atoms with Crippen molar-refractivity contribution in [3.05, 3.63) is 39.8 Å². The highest BCUT2D eigenvalue weighted by molar-refractivity contribution is 5.53. The molecule has 0 spiro atoms. The maximum atomic E-state index is 11.8. The number of rotatable bonds is 1. The van der Waals surface area contributed by atoms with Crippen LogP contribution in [0.1, 0.15) is 24.3 Å². The molecule has 0 aromatic carbocycles. The van der Waals surface area contributed by atoms with Crippen LogP contribution in [0, 0.1) is 11.3 Å². The Bertz CT molecular complexity index is 673. The number of ether oxygens (including phenoxy) is 2. The normalized spacial score (nSPS) is 23.3. The van der Waals surface area contributed by atoms with Gasteiger partial charge in [-0.2, -0.15) is 5.26 Å². The van der Waals surface area contributed by atoms with Gasteiger partial charge in [0.05, 0.1) is 0 Å². The summed E-state index contributed by atoms with van der Waals surface area (Å²) < 4.78 is 12.2. The van der Waals surface area contributed by atoms with Gasteiger partial charge >= 0.3 is 0 Å². The molecular weight excluding hydrogens is 222 g/mol. The van der Waals surface area contributed by atoms with Gasteiger partial charge in [0.25, 0.3) is 0 Å². The third-order valence-electron chi connectivity index (χ3n) is 2.69. The molecule has 86 valence electrons. The van der Waals surface area contributed by atoms with Crippen molar-refractivity contribution in [1.29, 1.82) is 5.26 Å². The van der Waals surface area contributed by atoms with E-state index in [2.05, 4.69) is 5.10 Å². The molecule has 0 saturated carbocycles. The van der Waals surface area contributed by atoms with Gasteiger partial charge in [-0.05, 0) is 13.0 Å². The van der Waals surface area contributed by atoms with Crippen LogP contribution < -0.4 is 5.43 Å². The number of hydrogen-bond donors (Lipinski definition) is 1. The van der Waals surface area contributed by atoms with Crippen molar-refractivity contribution in [2.75, 3.05) is 0 Å². The summed E-state index contributed by atoms with van der Waals surface area (Å²) in [5.41, 5.74) is 0.952. The molecule has 2 aromatic heterocycles. The number of hydrogen-bond acceptors (Lipinski definition) is 4. The summed E-state index contributed by atoms with van der Waals surface area (Å²) in [6.07, 6.45) is 2.45. The first-order chi connectivity index (χ1) is 8.19. The highest BCUT2D eigenvalue weighted by Gasteiger charge is 2.29. The predicted molar refractivity (Wildman–Crippen MR) is 57.1 cm³/mol. The van der Waals surface area contributed by atoms with E-state index >= 15 is 0 Å². The van der Waals surface area contributed by atoms with Crippen LogP contribution in [0.4, 0.5) is 0 Å². The first kappa shape index (κ1) is 10.1. The third kappa shape index (κ3) is 1.45. The van der Waals surface area contributed by atoms with Crippen LogP contribution in [-0.2, 0) is 9.47 Å². The molecule has 3 heterocycles. The Morgan fingerprint density at radius 2 is 2.29 bits per heavy atom. The molecule has 1 saturated heterocycles. The molecule has 0 radical (unpaired) electrons. The van der Waals surface area contributed by atoms with Gasteiger partial charge in [-0.1, -0.05) is 0 Å². The summed E-state index contributed by atoms with van der Waals surface area (Å²) in [5.74, 6) is 0. The van der Waals surface area contributed by atoms with Gasteiger partial charge in [-0.3, -0.25) is 9.31 Å². The molecule has 1 fully saturated rings. The van der Waals surface area contributed by atoms with E-state index in [4.69, 9.17) is 14.7 Å². The molecule has 0 amide bonds. The van der Waals surface area contributed by atoms with Crippen LogP contribution in [0.2, 0.25) is 0 Å². The topological polar surface area (TPSA) is 79.5 Å². The standard InChI is InChI=1S/C11H9N3O3/c1-6-16-11(17-6)7-2-9-10(15)8(3-12)4-13-14(9)5-7/h2,4-6,11,13H,1H3. The van der Waals surface area contributed by atoms with E-state index in [0.29, 0.717) is 5.52 Å². The van der Waals surface area contributed by atoms with E-state index in [0.717, 1.165) is 5.56 Å². The molecule has 6 heteroatoms. The molecular formula is C11H9N3O3. The number of nitrogens with zero attached hydrogens (tertiary/aromatic N) is 2. The molecule has 3 rings (SSSR count). The van der Waals surface area contributed by atoms with Crippen LogP contribution in [0.3, 0.4) is 0 Å². The highest BCUT2D eigenvalue weighted by atomic mass is 16.9. The Hall–Kier alpha value is -2.10. The molecule has 1 aliphatic rings. The largest absolute Gasteiger partial charge is 0.319 e. The lowest BCUT2D eigenvalue weighted by atomic mass is 10.2. The van der Waals surface area contributed by atoms with E-state index < -0.39 is 6.29 Å². The molecule has 0 atom stereocenters. The van der Waals surface area contributed by atoms with Gasteiger partial charge in [0.2, 0.25) is 5.43 Å². The monoisotopic (exact) mass is 231 g/mol. The Labute approximate surface area is 96.0 Å². The second kappa shape index (κ2) is 3.45. The van der Waals surface area contributed by atoms with Crippen molar-refractivity contribution in [2.45, 2.75) is 19.5 Å². The van der Waals surface area contributed by atoms with E-state index in [1.54, 1.807) is 23.7 Å². The second-order valence-electron chi connectivity index (χ2n) is 3.83. The predicted octanol–water partition coefficient (Wildman–Crippen LogP) is 0.891. The number of aromatic amines is 1. The fourth-order valence-electron chi connectivity index (χ4n) is 1.83. The molecule has 1 N–H and O–H groups in total. The minimum atomic E-state index is -0.428. The zero-order valence-corrected chi connectivity index (χ0v) is 9.01. The minimum Gasteiger partial charge on any atom is -0.319 e. The molecule has 17 heavy (non-hydrogen) atoms. The maximum Gasteiger partial charge on any atom is 0.223 e. The summed E-state index contributed by atoms with van der Waals surface area (Å²) in [4.78, 5) is 11.8. The van der Waals surface area contributed by atoms with Crippen LogP contribution in [0.15, 0.2) is 23.3 Å². The number of nitriles is 1. The summed E-state index contributed by atoms with van der Waals surface area (Å²) in [6, 6.07) is 3.50. The number of H-pyrrole nitrogens is 1. The maximum absolute atomic E-state index is 11.8. The highest BCUT2D eigenvalue weighted by Crippen LogP contribution is 2.31. The zero-order valence-electron chi connectivity index (χ0n) is 9.01. The lowest BCUT2D eigenvalue weighted by Crippen LogP contribution is -2.31. The van der Waals surface area contributed by atoms with Crippen LogP contribution in [0.5, 0.6) is 0 Å². The van der Waals surface area contributed by atoms with Crippen molar-refractivity contribution in [1.82, 2.24) is 9.61 Å². The molecule has 0 unspecified atom stereocenters. The van der Waals surface area contributed by atoms with Crippen molar-refractivity contribution < 1.29 is 9.47 Å². The Kier molecular flexibility index (Phi) is 2.04. The Morgan fingerprint density at radius 3 is 2.94 bits per heavy atom. The summed E-state index contributed by atoms with van der Waals surface area (Å²) in [6.45, 7) is 1.80. The summed E-state index contributed by atoms with van der Waals surface area (Å²) >= 11 is 0. The van der Waals surface area contributed by atoms with E-state index in [-0.39, 0.29) is 17.3 Å². The first-order valence-electron chi connectivity index (χ1n) is 5.14. The number of fused-ring (bicyclic) bond motifs is 1. The van der Waals surface area contributed by atoms with Gasteiger partial charge in [0.15, 0.2) is 12.6 Å². The Balaban J connectivity index is 2.11. The quantitative estimate of drug-likeness (QED) is 0.790. The first-order valence-corrected chi connectivity index (χ1v) is 5.14. The molecule has 6 nitrogen and oxygen atoms in total. The third-order valence-corrected chi connectivity index (χ3v) is 2.69. The Morgan fingerprint density at radius 1 is 1.53 bits per heavy atom. The molecule has 0 aliphatic carbocycles. The fourth-order valence-corrected chi connectivity index (χ4v) is 1.83. The smallest absolute Gasteiger partial charge is 0.223 e. The van der Waals surface area contributed by atoms with Crippen LogP contribution in [-0.4, -0.2) is 15.9 Å². The molecule has 1 aliphatic heterocycles. The van der Waals surface area contributed by atoms with Gasteiger partial charge in [0, 0.05) is 18.0 Å². The van der Waals surface area contributed by atoms with Crippen LogP contribution >= 0.6 is 0 Å². The lowest BCUT2D eigenvalue weighted by molar-refractivity contribution is -0.382. The van der Waals surface area contributed by atoms with Gasteiger partial charge in [0.1, 0.15) is 17.1 Å². The van der Waals surface area contributed by atoms with Crippen molar-refractivity contribution in [3.63, 3.8) is 0 Å². The lowest BCUT2D eigenvalue weighted by Gasteiger charge is -2.33.